The van der Waals surface area contributed by atoms with E-state index in [0.717, 1.165) is 53.9 Å². The van der Waals surface area contributed by atoms with Crippen molar-refractivity contribution in [3.8, 4) is 0 Å². The molecular weight excluding hydrogens is 408 g/mol. The molecule has 33 heavy (non-hydrogen) atoms. The molecule has 4 rings (SSSR count). The first-order valence-electron chi connectivity index (χ1n) is 11.5. The van der Waals surface area contributed by atoms with Gasteiger partial charge in [0.05, 0.1) is 5.52 Å². The van der Waals surface area contributed by atoms with Gasteiger partial charge in [0.1, 0.15) is 0 Å². The fraction of sp³-hybridized carbons (Fsp3) is 0.214. The lowest BCUT2D eigenvalue weighted by Crippen LogP contribution is -2.32. The van der Waals surface area contributed by atoms with Gasteiger partial charge in [-0.2, -0.15) is 0 Å². The number of aromatic nitrogens is 1. The van der Waals surface area contributed by atoms with Crippen molar-refractivity contribution in [2.75, 3.05) is 25.0 Å². The van der Waals surface area contributed by atoms with Crippen molar-refractivity contribution in [1.82, 2.24) is 15.6 Å². The maximum absolute atomic E-state index is 12.6. The highest BCUT2D eigenvalue weighted by atomic mass is 16.1. The van der Waals surface area contributed by atoms with Crippen LogP contribution < -0.4 is 16.0 Å². The van der Waals surface area contributed by atoms with Crippen LogP contribution in [0, 0.1) is 6.92 Å². The highest BCUT2D eigenvalue weighted by molar-refractivity contribution is 5.96. The van der Waals surface area contributed by atoms with Crippen LogP contribution in [0.2, 0.25) is 0 Å². The van der Waals surface area contributed by atoms with Crippen LogP contribution in [-0.2, 0) is 6.42 Å². The summed E-state index contributed by atoms with van der Waals surface area (Å²) in [4.78, 5) is 17.2. The van der Waals surface area contributed by atoms with Crippen LogP contribution in [0.5, 0.6) is 0 Å². The van der Waals surface area contributed by atoms with E-state index in [-0.39, 0.29) is 5.91 Å². The zero-order chi connectivity index (χ0) is 22.9. The summed E-state index contributed by atoms with van der Waals surface area (Å²) in [6, 6.07) is 28.2. The van der Waals surface area contributed by atoms with E-state index in [1.54, 1.807) is 0 Å². The topological polar surface area (TPSA) is 66.1 Å². The third-order valence-corrected chi connectivity index (χ3v) is 5.50. The number of rotatable bonds is 10. The number of hydrogen-bond acceptors (Lipinski definition) is 4. The number of benzene rings is 3. The SMILES string of the molecule is Cc1cc(Nc2cccc(C(=O)NCCNCCCc3ccccc3)c2)c2ccccc2n1. The Balaban J connectivity index is 1.26. The second-order valence-electron chi connectivity index (χ2n) is 8.13. The Kier molecular flexibility index (Phi) is 7.67. The predicted molar refractivity (Wildman–Crippen MR) is 136 cm³/mol. The van der Waals surface area contributed by atoms with Crippen LogP contribution in [0.25, 0.3) is 10.9 Å². The number of carbonyl (C=O) groups is 1. The molecule has 3 N–H and O–H groups in total. The van der Waals surface area contributed by atoms with Gasteiger partial charge in [-0.1, -0.05) is 54.6 Å². The molecule has 0 spiro atoms. The van der Waals surface area contributed by atoms with Crippen LogP contribution in [0.3, 0.4) is 0 Å². The molecule has 1 heterocycles. The van der Waals surface area contributed by atoms with Crippen molar-refractivity contribution in [1.29, 1.82) is 0 Å². The number of nitrogens with zero attached hydrogens (tertiary/aromatic N) is 1. The summed E-state index contributed by atoms with van der Waals surface area (Å²) in [6.07, 6.45) is 2.14. The minimum atomic E-state index is -0.0690. The number of para-hydroxylation sites is 1. The van der Waals surface area contributed by atoms with Crippen LogP contribution >= 0.6 is 0 Å². The maximum atomic E-state index is 12.6. The largest absolute Gasteiger partial charge is 0.355 e. The van der Waals surface area contributed by atoms with Crippen molar-refractivity contribution < 1.29 is 4.79 Å². The summed E-state index contributed by atoms with van der Waals surface area (Å²) in [7, 11) is 0. The van der Waals surface area contributed by atoms with Crippen LogP contribution in [0.1, 0.15) is 28.0 Å². The van der Waals surface area contributed by atoms with E-state index in [4.69, 9.17) is 0 Å². The molecule has 5 heteroatoms. The number of fused-ring (bicyclic) bond motifs is 1. The number of nitrogens with one attached hydrogen (secondary N) is 3. The Morgan fingerprint density at radius 2 is 1.67 bits per heavy atom. The Hall–Kier alpha value is -3.70. The van der Waals surface area contributed by atoms with Gasteiger partial charge >= 0.3 is 0 Å². The number of hydrogen-bond donors (Lipinski definition) is 3. The molecule has 1 amide bonds. The second kappa shape index (κ2) is 11.2. The second-order valence-corrected chi connectivity index (χ2v) is 8.13. The Bertz CT molecular complexity index is 1210. The fourth-order valence-electron chi connectivity index (χ4n) is 3.86. The van der Waals surface area contributed by atoms with Gasteiger partial charge in [-0.3, -0.25) is 9.78 Å². The monoisotopic (exact) mass is 438 g/mol. The molecule has 5 nitrogen and oxygen atoms in total. The highest BCUT2D eigenvalue weighted by Crippen LogP contribution is 2.26. The van der Waals surface area contributed by atoms with Crippen LogP contribution in [0.4, 0.5) is 11.4 Å². The number of aryl methyl sites for hydroxylation is 2. The van der Waals surface area contributed by atoms with Gasteiger partial charge in [-0.15, -0.1) is 0 Å². The van der Waals surface area contributed by atoms with Gasteiger partial charge in [0.15, 0.2) is 0 Å². The summed E-state index contributed by atoms with van der Waals surface area (Å²) < 4.78 is 0. The van der Waals surface area contributed by atoms with Gasteiger partial charge in [0, 0.05) is 41.1 Å². The smallest absolute Gasteiger partial charge is 0.251 e. The molecule has 0 atom stereocenters. The van der Waals surface area contributed by atoms with Crippen molar-refractivity contribution in [3.05, 3.63) is 102 Å². The van der Waals surface area contributed by atoms with E-state index in [9.17, 15) is 4.79 Å². The number of pyridine rings is 1. The van der Waals surface area contributed by atoms with Crippen molar-refractivity contribution in [3.63, 3.8) is 0 Å². The lowest BCUT2D eigenvalue weighted by atomic mass is 10.1. The summed E-state index contributed by atoms with van der Waals surface area (Å²) in [6.45, 7) is 4.26. The van der Waals surface area contributed by atoms with E-state index >= 15 is 0 Å². The molecule has 0 aliphatic carbocycles. The normalized spacial score (nSPS) is 10.8. The number of carbonyl (C=O) groups excluding carboxylic acids is 1. The molecule has 0 aliphatic heterocycles. The Morgan fingerprint density at radius 1 is 0.848 bits per heavy atom. The fourth-order valence-corrected chi connectivity index (χ4v) is 3.86. The van der Waals surface area contributed by atoms with Crippen molar-refractivity contribution >= 4 is 28.2 Å². The first-order valence-corrected chi connectivity index (χ1v) is 11.5. The van der Waals surface area contributed by atoms with E-state index in [1.807, 2.05) is 67.6 Å². The lowest BCUT2D eigenvalue weighted by molar-refractivity contribution is 0.0954. The number of anilines is 2. The molecule has 3 aromatic carbocycles. The average molecular weight is 439 g/mol. The first-order chi connectivity index (χ1) is 16.2. The zero-order valence-corrected chi connectivity index (χ0v) is 19.0. The lowest BCUT2D eigenvalue weighted by Gasteiger charge is -2.12. The number of amides is 1. The van der Waals surface area contributed by atoms with Gasteiger partial charge in [-0.25, -0.2) is 0 Å². The van der Waals surface area contributed by atoms with Crippen LogP contribution in [0.15, 0.2) is 84.9 Å². The van der Waals surface area contributed by atoms with Gasteiger partial charge in [-0.05, 0) is 62.2 Å². The molecule has 168 valence electrons. The Labute approximate surface area is 195 Å². The van der Waals surface area contributed by atoms with Gasteiger partial charge in [0.2, 0.25) is 0 Å². The zero-order valence-electron chi connectivity index (χ0n) is 19.0. The minimum absolute atomic E-state index is 0.0690. The third-order valence-electron chi connectivity index (χ3n) is 5.50. The summed E-state index contributed by atoms with van der Waals surface area (Å²) in [5, 5.41) is 10.9. The molecule has 0 radical (unpaired) electrons. The average Bonchev–Trinajstić information content (AvgIpc) is 2.84. The van der Waals surface area contributed by atoms with Gasteiger partial charge < -0.3 is 16.0 Å². The summed E-state index contributed by atoms with van der Waals surface area (Å²) in [5.74, 6) is -0.0690. The molecular formula is C28H30N4O. The molecule has 0 unspecified atom stereocenters. The standard InChI is InChI=1S/C28H30N4O/c1-21-19-27(25-14-5-6-15-26(25)31-21)32-24-13-7-12-23(20-24)28(33)30-18-17-29-16-8-11-22-9-3-2-4-10-22/h2-7,9-10,12-15,19-20,29H,8,11,16-18H2,1H3,(H,30,33)(H,31,32). The molecule has 1 aromatic heterocycles. The minimum Gasteiger partial charge on any atom is -0.355 e. The molecule has 0 saturated heterocycles. The molecule has 0 aliphatic rings. The first kappa shape index (κ1) is 22.5. The van der Waals surface area contributed by atoms with Crippen LogP contribution in [-0.4, -0.2) is 30.5 Å². The summed E-state index contributed by atoms with van der Waals surface area (Å²) >= 11 is 0. The van der Waals surface area contributed by atoms with E-state index in [2.05, 4.69) is 45.2 Å². The van der Waals surface area contributed by atoms with Gasteiger partial charge in [0.25, 0.3) is 5.91 Å². The van der Waals surface area contributed by atoms with E-state index in [1.165, 1.54) is 5.56 Å². The van der Waals surface area contributed by atoms with Crippen molar-refractivity contribution in [2.45, 2.75) is 19.8 Å². The molecule has 0 saturated carbocycles. The van der Waals surface area contributed by atoms with Crippen molar-refractivity contribution in [2.24, 2.45) is 0 Å². The highest BCUT2D eigenvalue weighted by Gasteiger charge is 2.08. The van der Waals surface area contributed by atoms with E-state index < -0.39 is 0 Å². The maximum Gasteiger partial charge on any atom is 0.251 e. The predicted octanol–water partition coefficient (Wildman–Crippen LogP) is 5.24. The molecule has 0 fully saturated rings. The van der Waals surface area contributed by atoms with E-state index in [0.29, 0.717) is 12.1 Å². The quantitative estimate of drug-likeness (QED) is 0.296. The molecule has 0 bridgehead atoms. The molecule has 4 aromatic rings. The summed E-state index contributed by atoms with van der Waals surface area (Å²) in [5.41, 5.74) is 5.74. The third kappa shape index (κ3) is 6.40. The Morgan fingerprint density at radius 3 is 2.55 bits per heavy atom.